The summed E-state index contributed by atoms with van der Waals surface area (Å²) in [5, 5.41) is 0. The summed E-state index contributed by atoms with van der Waals surface area (Å²) in [5.74, 6) is -0.672. The highest BCUT2D eigenvalue weighted by atomic mass is 16.2. The van der Waals surface area contributed by atoms with E-state index in [1.54, 1.807) is 24.4 Å². The highest BCUT2D eigenvalue weighted by Crippen LogP contribution is 2.22. The normalized spacial score (nSPS) is 13.3. The van der Waals surface area contributed by atoms with Crippen LogP contribution in [0.5, 0.6) is 0 Å². The Bertz CT molecular complexity index is 662. The molecule has 1 aromatic heterocycles. The number of carbonyl (C=O) groups is 2. The quantitative estimate of drug-likeness (QED) is 0.737. The molecule has 1 aliphatic rings. The molecular weight excluding hydrogens is 266 g/mol. The second-order valence-electron chi connectivity index (χ2n) is 5.18. The smallest absolute Gasteiger partial charge is 0.286 e. The maximum atomic E-state index is 12.1. The van der Waals surface area contributed by atoms with E-state index in [1.807, 2.05) is 12.1 Å². The zero-order valence-corrected chi connectivity index (χ0v) is 11.6. The first-order chi connectivity index (χ1) is 10.2. The SMILES string of the molecule is O=C(NNC(=O)c1ccc[nH]1)c1ccc2c(c1)CCCC2. The molecule has 3 N–H and O–H groups in total. The summed E-state index contributed by atoms with van der Waals surface area (Å²) in [6.07, 6.45) is 6.14. The summed E-state index contributed by atoms with van der Waals surface area (Å²) >= 11 is 0. The van der Waals surface area contributed by atoms with Gasteiger partial charge in [-0.25, -0.2) is 0 Å². The van der Waals surface area contributed by atoms with Crippen LogP contribution in [0, 0.1) is 0 Å². The number of aromatic amines is 1. The van der Waals surface area contributed by atoms with Gasteiger partial charge in [-0.3, -0.25) is 20.4 Å². The van der Waals surface area contributed by atoms with Crippen molar-refractivity contribution >= 4 is 11.8 Å². The Hall–Kier alpha value is -2.56. The first kappa shape index (κ1) is 13.4. The maximum absolute atomic E-state index is 12.1. The summed E-state index contributed by atoms with van der Waals surface area (Å²) in [6.45, 7) is 0. The number of benzene rings is 1. The first-order valence-electron chi connectivity index (χ1n) is 7.10. The van der Waals surface area contributed by atoms with E-state index >= 15 is 0 Å². The van der Waals surface area contributed by atoms with Crippen LogP contribution < -0.4 is 10.9 Å². The van der Waals surface area contributed by atoms with Gasteiger partial charge in [0.05, 0.1) is 0 Å². The molecule has 21 heavy (non-hydrogen) atoms. The van der Waals surface area contributed by atoms with Crippen LogP contribution in [0.1, 0.15) is 44.8 Å². The molecule has 0 aliphatic heterocycles. The minimum atomic E-state index is -0.369. The number of rotatable bonds is 2. The average Bonchev–Trinajstić information content (AvgIpc) is 3.06. The third-order valence-electron chi connectivity index (χ3n) is 3.74. The number of aromatic nitrogens is 1. The van der Waals surface area contributed by atoms with Crippen LogP contribution in [0.2, 0.25) is 0 Å². The lowest BCUT2D eigenvalue weighted by Gasteiger charge is -2.16. The highest BCUT2D eigenvalue weighted by molar-refractivity contribution is 5.98. The first-order valence-corrected chi connectivity index (χ1v) is 7.10. The van der Waals surface area contributed by atoms with Crippen molar-refractivity contribution in [3.63, 3.8) is 0 Å². The molecule has 108 valence electrons. The number of hydrogen-bond acceptors (Lipinski definition) is 2. The molecule has 0 radical (unpaired) electrons. The molecule has 0 spiro atoms. The van der Waals surface area contributed by atoms with Crippen molar-refractivity contribution in [2.24, 2.45) is 0 Å². The third-order valence-corrected chi connectivity index (χ3v) is 3.74. The van der Waals surface area contributed by atoms with Gasteiger partial charge in [-0.05, 0) is 61.1 Å². The van der Waals surface area contributed by atoms with Crippen LogP contribution >= 0.6 is 0 Å². The van der Waals surface area contributed by atoms with Gasteiger partial charge in [0.25, 0.3) is 11.8 Å². The van der Waals surface area contributed by atoms with Crippen molar-refractivity contribution in [1.82, 2.24) is 15.8 Å². The summed E-state index contributed by atoms with van der Waals surface area (Å²) in [4.78, 5) is 26.6. The summed E-state index contributed by atoms with van der Waals surface area (Å²) < 4.78 is 0. The molecule has 2 amide bonds. The third kappa shape index (κ3) is 2.97. The molecule has 5 heteroatoms. The van der Waals surface area contributed by atoms with E-state index in [9.17, 15) is 9.59 Å². The molecule has 3 rings (SSSR count). The van der Waals surface area contributed by atoms with E-state index in [0.29, 0.717) is 11.3 Å². The minimum Gasteiger partial charge on any atom is -0.357 e. The van der Waals surface area contributed by atoms with E-state index < -0.39 is 0 Å². The highest BCUT2D eigenvalue weighted by Gasteiger charge is 2.13. The molecule has 0 saturated carbocycles. The van der Waals surface area contributed by atoms with Crippen LogP contribution in [0.3, 0.4) is 0 Å². The van der Waals surface area contributed by atoms with E-state index in [-0.39, 0.29) is 11.8 Å². The molecule has 0 bridgehead atoms. The van der Waals surface area contributed by atoms with Crippen LogP contribution in [-0.2, 0) is 12.8 Å². The molecule has 5 nitrogen and oxygen atoms in total. The Labute approximate surface area is 122 Å². The van der Waals surface area contributed by atoms with Gasteiger partial charge in [0.1, 0.15) is 5.69 Å². The van der Waals surface area contributed by atoms with Crippen molar-refractivity contribution < 1.29 is 9.59 Å². The molecule has 1 heterocycles. The van der Waals surface area contributed by atoms with E-state index in [1.165, 1.54) is 24.0 Å². The van der Waals surface area contributed by atoms with E-state index in [4.69, 9.17) is 0 Å². The lowest BCUT2D eigenvalue weighted by Crippen LogP contribution is -2.41. The van der Waals surface area contributed by atoms with E-state index in [0.717, 1.165) is 12.8 Å². The number of H-pyrrole nitrogens is 1. The maximum Gasteiger partial charge on any atom is 0.286 e. The zero-order valence-electron chi connectivity index (χ0n) is 11.6. The second kappa shape index (κ2) is 5.83. The van der Waals surface area contributed by atoms with Gasteiger partial charge in [0, 0.05) is 11.8 Å². The molecule has 0 atom stereocenters. The van der Waals surface area contributed by atoms with Crippen LogP contribution in [-0.4, -0.2) is 16.8 Å². The molecule has 0 unspecified atom stereocenters. The number of aryl methyl sites for hydroxylation is 2. The Morgan fingerprint density at radius 1 is 0.952 bits per heavy atom. The lowest BCUT2D eigenvalue weighted by molar-refractivity contribution is 0.0844. The fourth-order valence-electron chi connectivity index (χ4n) is 2.60. The predicted molar refractivity (Wildman–Crippen MR) is 78.8 cm³/mol. The van der Waals surface area contributed by atoms with E-state index in [2.05, 4.69) is 15.8 Å². The number of carbonyl (C=O) groups excluding carboxylic acids is 2. The Balaban J connectivity index is 1.64. The standard InChI is InChI=1S/C16H17N3O2/c20-15(18-19-16(21)14-6-3-9-17-14)13-8-7-11-4-1-2-5-12(11)10-13/h3,6-10,17H,1-2,4-5H2,(H,18,20)(H,19,21). The molecule has 1 aromatic carbocycles. The van der Waals surface area contributed by atoms with Crippen LogP contribution in [0.15, 0.2) is 36.5 Å². The van der Waals surface area contributed by atoms with Crippen molar-refractivity contribution in [2.45, 2.75) is 25.7 Å². The number of fused-ring (bicyclic) bond motifs is 1. The van der Waals surface area contributed by atoms with Gasteiger partial charge in [-0.1, -0.05) is 6.07 Å². The van der Waals surface area contributed by atoms with Gasteiger partial charge in [-0.15, -0.1) is 0 Å². The minimum absolute atomic E-state index is 0.303. The average molecular weight is 283 g/mol. The molecule has 0 saturated heterocycles. The van der Waals surface area contributed by atoms with Crippen molar-refractivity contribution in [2.75, 3.05) is 0 Å². The topological polar surface area (TPSA) is 74.0 Å². The molecule has 0 fully saturated rings. The van der Waals surface area contributed by atoms with Gasteiger partial charge in [0.2, 0.25) is 0 Å². The number of nitrogens with one attached hydrogen (secondary N) is 3. The van der Waals surface area contributed by atoms with Crippen molar-refractivity contribution in [1.29, 1.82) is 0 Å². The predicted octanol–water partition coefficient (Wildman–Crippen LogP) is 1.97. The lowest BCUT2D eigenvalue weighted by atomic mass is 9.90. The fourth-order valence-corrected chi connectivity index (χ4v) is 2.60. The monoisotopic (exact) mass is 283 g/mol. The summed E-state index contributed by atoms with van der Waals surface area (Å²) in [5.41, 5.74) is 8.37. The molecule has 2 aromatic rings. The Kier molecular flexibility index (Phi) is 3.73. The largest absolute Gasteiger partial charge is 0.357 e. The fraction of sp³-hybridized carbons (Fsp3) is 0.250. The second-order valence-corrected chi connectivity index (χ2v) is 5.18. The summed E-state index contributed by atoms with van der Waals surface area (Å²) in [6, 6.07) is 9.10. The number of hydrazine groups is 1. The molecular formula is C16H17N3O2. The van der Waals surface area contributed by atoms with Crippen LogP contribution in [0.4, 0.5) is 0 Å². The number of amides is 2. The molecule has 1 aliphatic carbocycles. The van der Waals surface area contributed by atoms with Gasteiger partial charge < -0.3 is 4.98 Å². The zero-order chi connectivity index (χ0) is 14.7. The summed E-state index contributed by atoms with van der Waals surface area (Å²) in [7, 11) is 0. The van der Waals surface area contributed by atoms with Crippen LogP contribution in [0.25, 0.3) is 0 Å². The Morgan fingerprint density at radius 3 is 2.48 bits per heavy atom. The van der Waals surface area contributed by atoms with Gasteiger partial charge >= 0.3 is 0 Å². The Morgan fingerprint density at radius 2 is 1.71 bits per heavy atom. The van der Waals surface area contributed by atoms with Gasteiger partial charge in [0.15, 0.2) is 0 Å². The van der Waals surface area contributed by atoms with Crippen molar-refractivity contribution in [3.05, 3.63) is 58.9 Å². The number of hydrogen-bond donors (Lipinski definition) is 3. The van der Waals surface area contributed by atoms with Gasteiger partial charge in [-0.2, -0.15) is 0 Å². The van der Waals surface area contributed by atoms with Crippen molar-refractivity contribution in [3.8, 4) is 0 Å².